The van der Waals surface area contributed by atoms with Crippen LogP contribution in [0.3, 0.4) is 0 Å². The Kier molecular flexibility index (Phi) is 7.31. The van der Waals surface area contributed by atoms with Gasteiger partial charge in [-0.2, -0.15) is 0 Å². The third-order valence-corrected chi connectivity index (χ3v) is 5.98. The number of imide groups is 2. The molecule has 2 N–H and O–H groups in total. The Morgan fingerprint density at radius 2 is 1.94 bits per heavy atom. The monoisotopic (exact) mass is 481 g/mol. The molecule has 1 atom stereocenters. The smallest absolute Gasteiger partial charge is 0.264 e. The van der Waals surface area contributed by atoms with E-state index in [0.717, 1.165) is 4.90 Å². The largest absolute Gasteiger partial charge is 0.382 e. The number of halogens is 1. The normalized spacial score (nSPS) is 17.4. The minimum Gasteiger partial charge on any atom is -0.382 e. The lowest BCUT2D eigenvalue weighted by Gasteiger charge is -2.27. The Labute approximate surface area is 200 Å². The zero-order valence-electron chi connectivity index (χ0n) is 18.8. The van der Waals surface area contributed by atoms with Gasteiger partial charge in [0.2, 0.25) is 11.8 Å². The van der Waals surface area contributed by atoms with E-state index in [1.807, 2.05) is 0 Å². The van der Waals surface area contributed by atoms with Crippen molar-refractivity contribution in [2.75, 3.05) is 25.1 Å². The maximum absolute atomic E-state index is 13.9. The number of nitrogens with zero attached hydrogens (tertiary/aromatic N) is 1. The predicted octanol–water partition coefficient (Wildman–Crippen LogP) is 2.10. The Hall–Kier alpha value is -3.92. The summed E-state index contributed by atoms with van der Waals surface area (Å²) < 4.78 is 19.5. The van der Waals surface area contributed by atoms with Crippen LogP contribution in [0.15, 0.2) is 36.4 Å². The number of hydrogen-bond donors (Lipinski definition) is 2. The summed E-state index contributed by atoms with van der Waals surface area (Å²) in [5.41, 5.74) is 1.66. The SMILES string of the molecule is O=Cc1ccc(CCCOCCNc2cccc3c2C(=O)N(C2CCC(=O)NC2=O)C3=O)c(F)c1. The van der Waals surface area contributed by atoms with Crippen molar-refractivity contribution in [3.63, 3.8) is 0 Å². The summed E-state index contributed by atoms with van der Waals surface area (Å²) in [6, 6.07) is 8.20. The van der Waals surface area contributed by atoms with E-state index in [9.17, 15) is 28.4 Å². The van der Waals surface area contributed by atoms with Gasteiger partial charge in [0.25, 0.3) is 11.8 Å². The Morgan fingerprint density at radius 3 is 2.69 bits per heavy atom. The van der Waals surface area contributed by atoms with Crippen molar-refractivity contribution in [3.8, 4) is 0 Å². The molecular formula is C25H24FN3O6. The van der Waals surface area contributed by atoms with Gasteiger partial charge < -0.3 is 10.1 Å². The highest BCUT2D eigenvalue weighted by molar-refractivity contribution is 6.25. The number of piperidine rings is 1. The first-order valence-electron chi connectivity index (χ1n) is 11.3. The minimum absolute atomic E-state index is 0.0585. The fourth-order valence-corrected chi connectivity index (χ4v) is 4.23. The highest BCUT2D eigenvalue weighted by atomic mass is 19.1. The first-order valence-corrected chi connectivity index (χ1v) is 11.3. The molecule has 9 nitrogen and oxygen atoms in total. The van der Waals surface area contributed by atoms with Gasteiger partial charge in [-0.3, -0.25) is 34.2 Å². The Morgan fingerprint density at radius 1 is 1.11 bits per heavy atom. The molecule has 0 aromatic heterocycles. The van der Waals surface area contributed by atoms with Crippen LogP contribution in [0.25, 0.3) is 0 Å². The van der Waals surface area contributed by atoms with Crippen molar-refractivity contribution < 1.29 is 33.1 Å². The molecule has 182 valence electrons. The first kappa shape index (κ1) is 24.2. The second kappa shape index (κ2) is 10.6. The number of rotatable bonds is 10. The minimum atomic E-state index is -1.02. The molecule has 2 aromatic rings. The van der Waals surface area contributed by atoms with Gasteiger partial charge in [0.1, 0.15) is 18.1 Å². The number of benzene rings is 2. The lowest BCUT2D eigenvalue weighted by Crippen LogP contribution is -2.54. The summed E-state index contributed by atoms with van der Waals surface area (Å²) in [6.45, 7) is 1.07. The molecule has 2 aliphatic rings. The van der Waals surface area contributed by atoms with Crippen LogP contribution in [0.4, 0.5) is 10.1 Å². The summed E-state index contributed by atoms with van der Waals surface area (Å²) in [4.78, 5) is 61.1. The number of aryl methyl sites for hydroxylation is 1. The van der Waals surface area contributed by atoms with Crippen molar-refractivity contribution in [3.05, 3.63) is 64.5 Å². The molecule has 0 spiro atoms. The quantitative estimate of drug-likeness (QED) is 0.303. The van der Waals surface area contributed by atoms with Crippen LogP contribution >= 0.6 is 0 Å². The lowest BCUT2D eigenvalue weighted by atomic mass is 10.0. The average Bonchev–Trinajstić information content (AvgIpc) is 3.10. The van der Waals surface area contributed by atoms with Crippen LogP contribution in [0.5, 0.6) is 0 Å². The maximum Gasteiger partial charge on any atom is 0.264 e. The van der Waals surface area contributed by atoms with E-state index < -0.39 is 35.5 Å². The predicted molar refractivity (Wildman–Crippen MR) is 123 cm³/mol. The van der Waals surface area contributed by atoms with Gasteiger partial charge in [-0.05, 0) is 43.0 Å². The number of carbonyl (C=O) groups excluding carboxylic acids is 5. The second-order valence-electron chi connectivity index (χ2n) is 8.29. The van der Waals surface area contributed by atoms with Crippen LogP contribution < -0.4 is 10.6 Å². The molecule has 0 aliphatic carbocycles. The van der Waals surface area contributed by atoms with Gasteiger partial charge in [0.05, 0.1) is 17.7 Å². The number of hydrogen-bond acceptors (Lipinski definition) is 7. The summed E-state index contributed by atoms with van der Waals surface area (Å²) in [6.07, 6.45) is 1.81. The molecule has 1 fully saturated rings. The summed E-state index contributed by atoms with van der Waals surface area (Å²) in [5, 5.41) is 5.27. The van der Waals surface area contributed by atoms with E-state index in [4.69, 9.17) is 4.74 Å². The van der Waals surface area contributed by atoms with E-state index in [0.29, 0.717) is 55.7 Å². The Bertz CT molecular complexity index is 1200. The van der Waals surface area contributed by atoms with E-state index in [2.05, 4.69) is 10.6 Å². The zero-order chi connectivity index (χ0) is 24.9. The first-order chi connectivity index (χ1) is 16.9. The highest BCUT2D eigenvalue weighted by Crippen LogP contribution is 2.32. The molecule has 4 amide bonds. The molecule has 0 saturated carbocycles. The van der Waals surface area contributed by atoms with Crippen LogP contribution in [0.1, 0.15) is 55.9 Å². The van der Waals surface area contributed by atoms with Gasteiger partial charge in [-0.25, -0.2) is 4.39 Å². The Balaban J connectivity index is 1.28. The molecule has 0 radical (unpaired) electrons. The van der Waals surface area contributed by atoms with Crippen molar-refractivity contribution in [2.45, 2.75) is 31.7 Å². The van der Waals surface area contributed by atoms with Gasteiger partial charge in [-0.1, -0.05) is 18.2 Å². The van der Waals surface area contributed by atoms with Crippen LogP contribution in [-0.4, -0.2) is 60.6 Å². The van der Waals surface area contributed by atoms with Gasteiger partial charge in [0, 0.05) is 30.8 Å². The number of nitrogens with one attached hydrogen (secondary N) is 2. The number of amides is 4. The third kappa shape index (κ3) is 5.12. The fourth-order valence-electron chi connectivity index (χ4n) is 4.23. The van der Waals surface area contributed by atoms with Crippen molar-refractivity contribution >= 4 is 35.6 Å². The number of ether oxygens (including phenoxy) is 1. The summed E-state index contributed by atoms with van der Waals surface area (Å²) in [5.74, 6) is -2.64. The van der Waals surface area contributed by atoms with Crippen molar-refractivity contribution in [1.29, 1.82) is 0 Å². The number of carbonyl (C=O) groups is 5. The molecular weight excluding hydrogens is 457 g/mol. The topological polar surface area (TPSA) is 122 Å². The van der Waals surface area contributed by atoms with Gasteiger partial charge >= 0.3 is 0 Å². The van der Waals surface area contributed by atoms with Crippen molar-refractivity contribution in [1.82, 2.24) is 10.2 Å². The van der Waals surface area contributed by atoms with Crippen molar-refractivity contribution in [2.24, 2.45) is 0 Å². The third-order valence-electron chi connectivity index (χ3n) is 5.98. The molecule has 4 rings (SSSR count). The molecule has 0 bridgehead atoms. The van der Waals surface area contributed by atoms with Crippen LogP contribution in [-0.2, 0) is 20.7 Å². The van der Waals surface area contributed by atoms with Gasteiger partial charge in [0.15, 0.2) is 0 Å². The highest BCUT2D eigenvalue weighted by Gasteiger charge is 2.45. The van der Waals surface area contributed by atoms with Crippen LogP contribution in [0, 0.1) is 5.82 Å². The molecule has 35 heavy (non-hydrogen) atoms. The van der Waals surface area contributed by atoms with Crippen LogP contribution in [0.2, 0.25) is 0 Å². The fraction of sp³-hybridized carbons (Fsp3) is 0.320. The molecule has 1 unspecified atom stereocenters. The summed E-state index contributed by atoms with van der Waals surface area (Å²) in [7, 11) is 0. The number of fused-ring (bicyclic) bond motifs is 1. The van der Waals surface area contributed by atoms with Gasteiger partial charge in [-0.15, -0.1) is 0 Å². The average molecular weight is 481 g/mol. The second-order valence-corrected chi connectivity index (χ2v) is 8.29. The van der Waals surface area contributed by atoms with E-state index in [-0.39, 0.29) is 24.0 Å². The zero-order valence-corrected chi connectivity index (χ0v) is 18.8. The molecule has 2 aliphatic heterocycles. The lowest BCUT2D eigenvalue weighted by molar-refractivity contribution is -0.136. The van der Waals surface area contributed by atoms with E-state index in [1.54, 1.807) is 24.3 Å². The number of anilines is 1. The molecule has 10 heteroatoms. The molecule has 2 heterocycles. The molecule has 1 saturated heterocycles. The van der Waals surface area contributed by atoms with E-state index >= 15 is 0 Å². The standard InChI is InChI=1S/C25H24FN3O6/c26-18-13-15(14-30)6-7-16(18)3-2-11-35-12-10-27-19-5-1-4-17-22(19)25(34)29(24(17)33)20-8-9-21(31)28-23(20)32/h1,4-7,13-14,20,27H,2-3,8-12H2,(H,28,31,32). The summed E-state index contributed by atoms with van der Waals surface area (Å²) >= 11 is 0. The molecule has 2 aromatic carbocycles. The maximum atomic E-state index is 13.9. The van der Waals surface area contributed by atoms with E-state index in [1.165, 1.54) is 12.1 Å². The number of aldehydes is 1.